The van der Waals surface area contributed by atoms with Crippen LogP contribution in [0.3, 0.4) is 0 Å². The minimum Gasteiger partial charge on any atom is -0.415 e. The van der Waals surface area contributed by atoms with Crippen LogP contribution in [-0.2, 0) is 10.0 Å². The molecule has 2 N–H and O–H groups in total. The van der Waals surface area contributed by atoms with E-state index in [9.17, 15) is 22.0 Å². The fourth-order valence-corrected chi connectivity index (χ4v) is 3.31. The van der Waals surface area contributed by atoms with E-state index in [0.29, 0.717) is 0 Å². The number of sulfonamides is 1. The van der Waals surface area contributed by atoms with Gasteiger partial charge in [-0.25, -0.2) is 31.7 Å². The molecule has 0 aliphatic carbocycles. The molecular formula is C15H8Cl2F2N2O4S. The molecule has 11 heteroatoms. The molecule has 0 spiro atoms. The van der Waals surface area contributed by atoms with Gasteiger partial charge in [0.1, 0.15) is 17.9 Å². The van der Waals surface area contributed by atoms with Gasteiger partial charge in [0.2, 0.25) is 10.0 Å². The van der Waals surface area contributed by atoms with E-state index in [4.69, 9.17) is 32.8 Å². The van der Waals surface area contributed by atoms with Gasteiger partial charge in [0.25, 0.3) is 0 Å². The van der Waals surface area contributed by atoms with E-state index >= 15 is 0 Å². The maximum Gasteiger partial charge on any atom is 0.424 e. The molecule has 3 aromatic rings. The molecule has 0 atom stereocenters. The van der Waals surface area contributed by atoms with Crippen LogP contribution in [0.4, 0.5) is 8.78 Å². The van der Waals surface area contributed by atoms with Crippen molar-refractivity contribution >= 4 is 33.2 Å². The predicted molar refractivity (Wildman–Crippen MR) is 91.1 cm³/mol. The van der Waals surface area contributed by atoms with Gasteiger partial charge in [0.05, 0.1) is 21.4 Å². The molecule has 2 aromatic carbocycles. The van der Waals surface area contributed by atoms with Gasteiger partial charge in [-0.3, -0.25) is 0 Å². The Balaban J connectivity index is 2.24. The third-order valence-electron chi connectivity index (χ3n) is 3.43. The lowest BCUT2D eigenvalue weighted by Crippen LogP contribution is -2.17. The molecular weight excluding hydrogens is 413 g/mol. The van der Waals surface area contributed by atoms with Crippen molar-refractivity contribution in [2.45, 2.75) is 4.90 Å². The molecule has 0 aliphatic rings. The Morgan fingerprint density at radius 1 is 1.04 bits per heavy atom. The number of halogens is 4. The average molecular weight is 421 g/mol. The molecule has 0 saturated carbocycles. The first-order valence-corrected chi connectivity index (χ1v) is 9.08. The summed E-state index contributed by atoms with van der Waals surface area (Å²) >= 11 is 11.8. The lowest BCUT2D eigenvalue weighted by Gasteiger charge is -2.09. The first-order chi connectivity index (χ1) is 12.1. The number of nitrogens with zero attached hydrogens (tertiary/aromatic N) is 1. The minimum atomic E-state index is -4.60. The number of oxazole rings is 1. The van der Waals surface area contributed by atoms with Crippen molar-refractivity contribution in [3.63, 3.8) is 0 Å². The third-order valence-corrected chi connectivity index (χ3v) is 5.13. The number of hydrogen-bond donors (Lipinski definition) is 1. The summed E-state index contributed by atoms with van der Waals surface area (Å²) in [5, 5.41) is 5.18. The van der Waals surface area contributed by atoms with Crippen molar-refractivity contribution < 1.29 is 21.6 Å². The van der Waals surface area contributed by atoms with Crippen LogP contribution >= 0.6 is 23.2 Å². The summed E-state index contributed by atoms with van der Waals surface area (Å²) in [4.78, 5) is 10.8. The highest BCUT2D eigenvalue weighted by Gasteiger charge is 2.23. The van der Waals surface area contributed by atoms with Gasteiger partial charge in [0, 0.05) is 5.56 Å². The zero-order valence-corrected chi connectivity index (χ0v) is 14.9. The summed E-state index contributed by atoms with van der Waals surface area (Å²) in [5.41, 5.74) is 0.0426. The van der Waals surface area contributed by atoms with Crippen molar-refractivity contribution in [2.24, 2.45) is 5.14 Å². The van der Waals surface area contributed by atoms with Crippen LogP contribution in [0.25, 0.3) is 16.9 Å². The maximum atomic E-state index is 14.1. The molecule has 0 unspecified atom stereocenters. The van der Waals surface area contributed by atoms with Crippen LogP contribution in [0.15, 0.2) is 50.7 Å². The summed E-state index contributed by atoms with van der Waals surface area (Å²) in [6.45, 7) is 0. The van der Waals surface area contributed by atoms with Gasteiger partial charge >= 0.3 is 5.76 Å². The Hall–Kier alpha value is -2.20. The normalized spacial score (nSPS) is 11.7. The van der Waals surface area contributed by atoms with Gasteiger partial charge in [-0.05, 0) is 30.3 Å². The molecule has 1 heterocycles. The molecule has 0 bridgehead atoms. The van der Waals surface area contributed by atoms with Gasteiger partial charge in [0.15, 0.2) is 4.90 Å². The molecule has 1 aromatic heterocycles. The van der Waals surface area contributed by atoms with E-state index in [0.717, 1.165) is 23.0 Å². The first kappa shape index (κ1) is 18.6. The van der Waals surface area contributed by atoms with Crippen molar-refractivity contribution in [3.05, 3.63) is 68.8 Å². The molecule has 26 heavy (non-hydrogen) atoms. The van der Waals surface area contributed by atoms with Gasteiger partial charge < -0.3 is 4.42 Å². The number of hydrogen-bond acceptors (Lipinski definition) is 4. The number of rotatable bonds is 3. The van der Waals surface area contributed by atoms with E-state index in [-0.39, 0.29) is 27.0 Å². The predicted octanol–water partition coefficient (Wildman–Crippen LogP) is 3.33. The van der Waals surface area contributed by atoms with Crippen LogP contribution in [0.1, 0.15) is 0 Å². The Kier molecular flexibility index (Phi) is 4.65. The minimum absolute atomic E-state index is 0.0350. The summed E-state index contributed by atoms with van der Waals surface area (Å²) < 4.78 is 56.5. The third kappa shape index (κ3) is 3.26. The highest BCUT2D eigenvalue weighted by atomic mass is 35.5. The Morgan fingerprint density at radius 3 is 2.19 bits per heavy atom. The smallest absolute Gasteiger partial charge is 0.415 e. The Labute approximate surface area is 155 Å². The molecule has 0 saturated heterocycles. The second-order valence-corrected chi connectivity index (χ2v) is 7.45. The number of primary sulfonamides is 1. The summed E-state index contributed by atoms with van der Waals surface area (Å²) in [7, 11) is -4.60. The summed E-state index contributed by atoms with van der Waals surface area (Å²) in [5.74, 6) is -3.66. The number of benzene rings is 2. The maximum absolute atomic E-state index is 14.1. The second kappa shape index (κ2) is 6.51. The van der Waals surface area contributed by atoms with E-state index in [1.807, 2.05) is 0 Å². The largest absolute Gasteiger partial charge is 0.424 e. The molecule has 136 valence electrons. The van der Waals surface area contributed by atoms with Crippen molar-refractivity contribution in [1.29, 1.82) is 0 Å². The summed E-state index contributed by atoms with van der Waals surface area (Å²) in [6.07, 6.45) is 0.968. The number of nitrogens with two attached hydrogens (primary N) is 1. The molecule has 0 fully saturated rings. The van der Waals surface area contributed by atoms with Crippen LogP contribution in [0.5, 0.6) is 0 Å². The van der Waals surface area contributed by atoms with Crippen molar-refractivity contribution in [2.75, 3.05) is 0 Å². The Morgan fingerprint density at radius 2 is 1.65 bits per heavy atom. The van der Waals surface area contributed by atoms with Crippen LogP contribution in [0, 0.1) is 11.6 Å². The average Bonchev–Trinajstić information content (AvgIpc) is 2.89. The fraction of sp³-hybridized carbons (Fsp3) is 0. The van der Waals surface area contributed by atoms with E-state index < -0.39 is 32.3 Å². The molecule has 0 amide bonds. The van der Waals surface area contributed by atoms with E-state index in [2.05, 4.69) is 0 Å². The summed E-state index contributed by atoms with van der Waals surface area (Å²) in [6, 6.07) is 5.67. The van der Waals surface area contributed by atoms with Gasteiger partial charge in [-0.15, -0.1) is 0 Å². The van der Waals surface area contributed by atoms with Crippen molar-refractivity contribution in [3.8, 4) is 16.9 Å². The van der Waals surface area contributed by atoms with E-state index in [1.54, 1.807) is 0 Å². The standard InChI is InChI=1S/C15H8Cl2F2N2O4S/c16-9-2-1-8(5-10(9)17)21-13(6-25-15(21)22)7-3-11(18)14(12(19)4-7)26(20,23)24/h1-6H,(H2,20,23,24). The van der Waals surface area contributed by atoms with Crippen molar-refractivity contribution in [1.82, 2.24) is 4.57 Å². The fourth-order valence-electron chi connectivity index (χ4n) is 2.36. The van der Waals surface area contributed by atoms with Crippen LogP contribution in [0.2, 0.25) is 10.0 Å². The first-order valence-electron chi connectivity index (χ1n) is 6.78. The topological polar surface area (TPSA) is 95.3 Å². The van der Waals surface area contributed by atoms with Gasteiger partial charge in [-0.1, -0.05) is 23.2 Å². The molecule has 0 radical (unpaired) electrons. The zero-order valence-electron chi connectivity index (χ0n) is 12.5. The highest BCUT2D eigenvalue weighted by molar-refractivity contribution is 7.89. The Bertz CT molecular complexity index is 1170. The molecule has 6 nitrogen and oxygen atoms in total. The quantitative estimate of drug-likeness (QED) is 0.702. The SMILES string of the molecule is NS(=O)(=O)c1c(F)cc(-c2coc(=O)n2-c2ccc(Cl)c(Cl)c2)cc1F. The number of aromatic nitrogens is 1. The van der Waals surface area contributed by atoms with Crippen LogP contribution < -0.4 is 10.9 Å². The highest BCUT2D eigenvalue weighted by Crippen LogP contribution is 2.29. The van der Waals surface area contributed by atoms with Gasteiger partial charge in [-0.2, -0.15) is 0 Å². The monoisotopic (exact) mass is 420 g/mol. The lowest BCUT2D eigenvalue weighted by atomic mass is 10.1. The lowest BCUT2D eigenvalue weighted by molar-refractivity contribution is 0.504. The van der Waals surface area contributed by atoms with Crippen LogP contribution in [-0.4, -0.2) is 13.0 Å². The zero-order chi connectivity index (χ0) is 19.2. The van der Waals surface area contributed by atoms with E-state index in [1.165, 1.54) is 18.2 Å². The molecule has 0 aliphatic heterocycles. The second-order valence-electron chi connectivity index (χ2n) is 5.13. The molecule has 3 rings (SSSR count).